The molecule has 4 rings (SSSR count). The number of imidazole rings is 1. The van der Waals surface area contributed by atoms with Gasteiger partial charge in [-0.25, -0.2) is 9.19 Å². The molecule has 1 atom stereocenters. The summed E-state index contributed by atoms with van der Waals surface area (Å²) in [5, 5.41) is 2.47. The number of aromatic amines is 1. The van der Waals surface area contributed by atoms with Crippen LogP contribution in [0.5, 0.6) is 0 Å². The lowest BCUT2D eigenvalue weighted by atomic mass is 10.3. The zero-order valence-corrected chi connectivity index (χ0v) is 13.9. The van der Waals surface area contributed by atoms with Crippen molar-refractivity contribution < 1.29 is 4.21 Å². The summed E-state index contributed by atoms with van der Waals surface area (Å²) in [6.45, 7) is 0. The summed E-state index contributed by atoms with van der Waals surface area (Å²) < 4.78 is 17.9. The molecule has 0 radical (unpaired) electrons. The average molecular weight is 371 g/mol. The molecular formula is C12H7ClN4O2S3. The van der Waals surface area contributed by atoms with Crippen LogP contribution in [-0.2, 0) is 11.0 Å². The number of nitrogens with zero attached hydrogens (tertiary/aromatic N) is 2. The number of fused-ring (bicyclic) bond motifs is 2. The second-order valence-electron chi connectivity index (χ2n) is 4.36. The van der Waals surface area contributed by atoms with Gasteiger partial charge in [0.05, 0.1) is 10.2 Å². The molecule has 4 aromatic rings. The molecule has 0 saturated carbocycles. The minimum Gasteiger partial charge on any atom is -0.312 e. The summed E-state index contributed by atoms with van der Waals surface area (Å²) in [7, 11) is -1.56. The highest BCUT2D eigenvalue weighted by Crippen LogP contribution is 2.26. The van der Waals surface area contributed by atoms with Crippen molar-refractivity contribution in [3.05, 3.63) is 44.6 Å². The van der Waals surface area contributed by atoms with Crippen LogP contribution in [0.2, 0.25) is 5.15 Å². The van der Waals surface area contributed by atoms with Crippen molar-refractivity contribution in [2.24, 2.45) is 0 Å². The van der Waals surface area contributed by atoms with Gasteiger partial charge >= 0.3 is 4.87 Å². The lowest BCUT2D eigenvalue weighted by molar-refractivity contribution is 0.683. The SMILES string of the molecule is O=c1[nH]c2ccc(NS(=O)c3c(Cl)nc4sccn34)cc2s1. The molecule has 0 saturated heterocycles. The second-order valence-corrected chi connectivity index (χ2v) is 7.73. The molecule has 3 aromatic heterocycles. The Morgan fingerprint density at radius 2 is 2.27 bits per heavy atom. The van der Waals surface area contributed by atoms with Gasteiger partial charge in [-0.2, -0.15) is 0 Å². The number of hydrogen-bond acceptors (Lipinski definition) is 5. The van der Waals surface area contributed by atoms with Gasteiger partial charge in [0.1, 0.15) is 0 Å². The third kappa shape index (κ3) is 2.26. The molecule has 1 unspecified atom stereocenters. The maximum atomic E-state index is 12.5. The number of thiazole rings is 2. The molecule has 112 valence electrons. The number of halogens is 1. The third-order valence-electron chi connectivity index (χ3n) is 2.99. The summed E-state index contributed by atoms with van der Waals surface area (Å²) in [5.41, 5.74) is 1.40. The van der Waals surface area contributed by atoms with Crippen molar-refractivity contribution >= 4 is 66.1 Å². The molecule has 0 fully saturated rings. The minimum atomic E-state index is -1.56. The molecule has 3 heterocycles. The van der Waals surface area contributed by atoms with Crippen molar-refractivity contribution in [1.29, 1.82) is 0 Å². The van der Waals surface area contributed by atoms with Gasteiger partial charge in [0.25, 0.3) is 0 Å². The average Bonchev–Trinajstić information content (AvgIpc) is 3.10. The first-order chi connectivity index (χ1) is 10.6. The summed E-state index contributed by atoms with van der Waals surface area (Å²) in [5.74, 6) is 0. The van der Waals surface area contributed by atoms with Gasteiger partial charge in [-0.1, -0.05) is 22.9 Å². The highest BCUT2D eigenvalue weighted by Gasteiger charge is 2.18. The van der Waals surface area contributed by atoms with Crippen LogP contribution in [0.15, 0.2) is 39.6 Å². The van der Waals surface area contributed by atoms with Crippen molar-refractivity contribution in [3.8, 4) is 0 Å². The van der Waals surface area contributed by atoms with Crippen LogP contribution in [-0.4, -0.2) is 18.6 Å². The van der Waals surface area contributed by atoms with E-state index in [0.29, 0.717) is 15.7 Å². The Labute approximate surface area is 139 Å². The first-order valence-electron chi connectivity index (χ1n) is 6.04. The highest BCUT2D eigenvalue weighted by molar-refractivity contribution is 7.86. The summed E-state index contributed by atoms with van der Waals surface area (Å²) >= 11 is 8.59. The molecular weight excluding hydrogens is 364 g/mol. The number of benzene rings is 1. The number of nitrogens with one attached hydrogen (secondary N) is 2. The molecule has 0 aliphatic carbocycles. The van der Waals surface area contributed by atoms with Crippen LogP contribution in [0.1, 0.15) is 0 Å². The Hall–Kier alpha value is -1.68. The van der Waals surface area contributed by atoms with E-state index in [1.165, 1.54) is 11.3 Å². The number of anilines is 1. The lowest BCUT2D eigenvalue weighted by Gasteiger charge is -2.05. The molecule has 2 N–H and O–H groups in total. The zero-order chi connectivity index (χ0) is 15.3. The molecule has 0 aliphatic rings. The molecule has 0 bridgehead atoms. The number of aromatic nitrogens is 3. The topological polar surface area (TPSA) is 79.3 Å². The van der Waals surface area contributed by atoms with Crippen molar-refractivity contribution in [2.45, 2.75) is 5.03 Å². The predicted octanol–water partition coefficient (Wildman–Crippen LogP) is 3.09. The summed E-state index contributed by atoms with van der Waals surface area (Å²) in [6, 6.07) is 5.29. The van der Waals surface area contributed by atoms with Crippen LogP contribution >= 0.6 is 34.3 Å². The van der Waals surface area contributed by atoms with Crippen molar-refractivity contribution in [1.82, 2.24) is 14.4 Å². The minimum absolute atomic E-state index is 0.118. The molecule has 1 aromatic carbocycles. The predicted molar refractivity (Wildman–Crippen MR) is 90.6 cm³/mol. The van der Waals surface area contributed by atoms with Crippen LogP contribution in [0.4, 0.5) is 5.69 Å². The Morgan fingerprint density at radius 3 is 3.14 bits per heavy atom. The number of hydrogen-bond donors (Lipinski definition) is 2. The fourth-order valence-electron chi connectivity index (χ4n) is 2.07. The maximum Gasteiger partial charge on any atom is 0.305 e. The Bertz CT molecular complexity index is 1080. The normalized spacial score (nSPS) is 13.0. The monoisotopic (exact) mass is 370 g/mol. The van der Waals surface area contributed by atoms with Crippen LogP contribution in [0.25, 0.3) is 15.2 Å². The van der Waals surface area contributed by atoms with Gasteiger partial charge in [0.15, 0.2) is 26.1 Å². The molecule has 10 heteroatoms. The van der Waals surface area contributed by atoms with Gasteiger partial charge in [-0.05, 0) is 18.2 Å². The third-order valence-corrected chi connectivity index (χ3v) is 6.13. The number of H-pyrrole nitrogens is 1. The number of rotatable bonds is 3. The van der Waals surface area contributed by atoms with E-state index in [0.717, 1.165) is 21.6 Å². The van der Waals surface area contributed by atoms with E-state index in [4.69, 9.17) is 11.6 Å². The van der Waals surface area contributed by atoms with Crippen molar-refractivity contribution in [3.63, 3.8) is 0 Å². The maximum absolute atomic E-state index is 12.5. The van der Waals surface area contributed by atoms with Crippen LogP contribution < -0.4 is 9.60 Å². The van der Waals surface area contributed by atoms with Gasteiger partial charge in [-0.15, -0.1) is 11.3 Å². The van der Waals surface area contributed by atoms with Gasteiger partial charge < -0.3 is 4.98 Å². The largest absolute Gasteiger partial charge is 0.312 e. The summed E-state index contributed by atoms with van der Waals surface area (Å²) in [6.07, 6.45) is 1.77. The van der Waals surface area contributed by atoms with E-state index in [1.54, 1.807) is 28.8 Å². The van der Waals surface area contributed by atoms with Crippen LogP contribution in [0, 0.1) is 0 Å². The Morgan fingerprint density at radius 1 is 1.41 bits per heavy atom. The van der Waals surface area contributed by atoms with E-state index in [9.17, 15) is 9.00 Å². The Kier molecular flexibility index (Phi) is 3.30. The molecule has 6 nitrogen and oxygen atoms in total. The highest BCUT2D eigenvalue weighted by atomic mass is 35.5. The fourth-order valence-corrected chi connectivity index (χ4v) is 5.01. The zero-order valence-electron chi connectivity index (χ0n) is 10.7. The van der Waals surface area contributed by atoms with Gasteiger partial charge in [0.2, 0.25) is 0 Å². The van der Waals surface area contributed by atoms with E-state index in [-0.39, 0.29) is 10.0 Å². The molecule has 0 aliphatic heterocycles. The summed E-state index contributed by atoms with van der Waals surface area (Å²) in [4.78, 5) is 18.8. The first kappa shape index (κ1) is 13.9. The van der Waals surface area contributed by atoms with E-state index < -0.39 is 11.0 Å². The smallest absolute Gasteiger partial charge is 0.305 e. The molecule has 0 spiro atoms. The van der Waals surface area contributed by atoms with E-state index in [2.05, 4.69) is 14.7 Å². The standard InChI is InChI=1S/C12H7ClN4O2S3/c13-9-10(17-3-4-20-11(17)15-9)22(19)16-6-1-2-7-8(5-6)21-12(18)14-7/h1-5,16H,(H,14,18). The molecule has 0 amide bonds. The molecule has 22 heavy (non-hydrogen) atoms. The first-order valence-corrected chi connectivity index (χ1v) is 9.26. The van der Waals surface area contributed by atoms with Crippen molar-refractivity contribution in [2.75, 3.05) is 4.72 Å². The van der Waals surface area contributed by atoms with Crippen LogP contribution in [0.3, 0.4) is 0 Å². The Balaban J connectivity index is 1.72. The van der Waals surface area contributed by atoms with Gasteiger partial charge in [-0.3, -0.25) is 13.9 Å². The van der Waals surface area contributed by atoms with Gasteiger partial charge in [0, 0.05) is 17.3 Å². The fraction of sp³-hybridized carbons (Fsp3) is 0. The lowest BCUT2D eigenvalue weighted by Crippen LogP contribution is -2.07. The van der Waals surface area contributed by atoms with E-state index in [1.807, 2.05) is 5.38 Å². The quantitative estimate of drug-likeness (QED) is 0.581. The second kappa shape index (κ2) is 5.20. The van der Waals surface area contributed by atoms with E-state index >= 15 is 0 Å².